The summed E-state index contributed by atoms with van der Waals surface area (Å²) in [5, 5.41) is 2.92. The number of anilines is 1. The van der Waals surface area contributed by atoms with Crippen LogP contribution in [0.25, 0.3) is 16.7 Å². The van der Waals surface area contributed by atoms with E-state index >= 15 is 0 Å². The maximum Gasteiger partial charge on any atom is 0.172 e. The second-order valence-electron chi connectivity index (χ2n) is 4.90. The Morgan fingerprint density at radius 1 is 1.23 bits per heavy atom. The highest BCUT2D eigenvalue weighted by Crippen LogP contribution is 2.24. The SMILES string of the molecule is CCc1nc2cc(NCS(=O)O)ccc2n1-c1ccccc1. The number of fused-ring (bicyclic) bond motifs is 1. The average Bonchev–Trinajstić information content (AvgIpc) is 2.91. The lowest BCUT2D eigenvalue weighted by molar-refractivity contribution is 0.566. The van der Waals surface area contributed by atoms with Gasteiger partial charge in [-0.15, -0.1) is 0 Å². The van der Waals surface area contributed by atoms with Gasteiger partial charge in [-0.3, -0.25) is 4.57 Å². The fourth-order valence-electron chi connectivity index (χ4n) is 2.49. The summed E-state index contributed by atoms with van der Waals surface area (Å²) in [6.45, 7) is 2.08. The Morgan fingerprint density at radius 3 is 2.68 bits per heavy atom. The quantitative estimate of drug-likeness (QED) is 0.710. The van der Waals surface area contributed by atoms with Crippen LogP contribution >= 0.6 is 0 Å². The van der Waals surface area contributed by atoms with Gasteiger partial charge in [-0.2, -0.15) is 0 Å². The molecule has 6 heteroatoms. The Balaban J connectivity index is 2.07. The lowest BCUT2D eigenvalue weighted by Crippen LogP contribution is -2.06. The number of aromatic nitrogens is 2. The van der Waals surface area contributed by atoms with E-state index in [0.717, 1.165) is 34.7 Å². The predicted octanol–water partition coefficient (Wildman–Crippen LogP) is 3.18. The third-order valence-electron chi connectivity index (χ3n) is 3.45. The van der Waals surface area contributed by atoms with Crippen molar-refractivity contribution in [3.05, 3.63) is 54.4 Å². The molecule has 0 spiro atoms. The van der Waals surface area contributed by atoms with E-state index in [1.165, 1.54) is 0 Å². The van der Waals surface area contributed by atoms with Crippen LogP contribution in [-0.2, 0) is 17.5 Å². The van der Waals surface area contributed by atoms with Crippen molar-refractivity contribution in [2.45, 2.75) is 13.3 Å². The van der Waals surface area contributed by atoms with Crippen LogP contribution in [0.3, 0.4) is 0 Å². The predicted molar refractivity (Wildman–Crippen MR) is 89.7 cm³/mol. The summed E-state index contributed by atoms with van der Waals surface area (Å²) >= 11 is -1.87. The summed E-state index contributed by atoms with van der Waals surface area (Å²) in [5.74, 6) is 0.995. The van der Waals surface area contributed by atoms with Crippen LogP contribution in [0.1, 0.15) is 12.7 Å². The van der Waals surface area contributed by atoms with Crippen molar-refractivity contribution < 1.29 is 8.76 Å². The highest BCUT2D eigenvalue weighted by Gasteiger charge is 2.11. The number of para-hydroxylation sites is 1. The lowest BCUT2D eigenvalue weighted by Gasteiger charge is -2.08. The third-order valence-corrected chi connectivity index (χ3v) is 3.85. The molecule has 0 saturated heterocycles. The van der Waals surface area contributed by atoms with Crippen molar-refractivity contribution in [3.63, 3.8) is 0 Å². The fourth-order valence-corrected chi connectivity index (χ4v) is 2.78. The maximum absolute atomic E-state index is 10.8. The van der Waals surface area contributed by atoms with E-state index in [9.17, 15) is 4.21 Å². The molecule has 3 rings (SSSR count). The van der Waals surface area contributed by atoms with Crippen molar-refractivity contribution in [1.82, 2.24) is 9.55 Å². The van der Waals surface area contributed by atoms with E-state index in [1.807, 2.05) is 36.4 Å². The highest BCUT2D eigenvalue weighted by atomic mass is 32.2. The average molecular weight is 315 g/mol. The standard InChI is InChI=1S/C16H17N3O2S/c1-2-16-18-14-10-12(17-11-22(20)21)8-9-15(14)19(16)13-6-4-3-5-7-13/h3-10,17H,2,11H2,1H3,(H,20,21). The Labute approximate surface area is 131 Å². The molecule has 22 heavy (non-hydrogen) atoms. The first-order valence-electron chi connectivity index (χ1n) is 7.07. The number of nitrogens with one attached hydrogen (secondary N) is 1. The minimum atomic E-state index is -1.87. The number of benzene rings is 2. The number of imidazole rings is 1. The van der Waals surface area contributed by atoms with Crippen molar-refractivity contribution >= 4 is 27.8 Å². The number of nitrogens with zero attached hydrogens (tertiary/aromatic N) is 2. The van der Waals surface area contributed by atoms with E-state index in [4.69, 9.17) is 4.55 Å². The van der Waals surface area contributed by atoms with Gasteiger partial charge < -0.3 is 9.87 Å². The van der Waals surface area contributed by atoms with Gasteiger partial charge in [0, 0.05) is 17.8 Å². The largest absolute Gasteiger partial charge is 0.372 e. The zero-order valence-corrected chi connectivity index (χ0v) is 13.0. The van der Waals surface area contributed by atoms with E-state index in [1.54, 1.807) is 0 Å². The van der Waals surface area contributed by atoms with Gasteiger partial charge in [-0.05, 0) is 30.3 Å². The third kappa shape index (κ3) is 2.88. The van der Waals surface area contributed by atoms with E-state index in [-0.39, 0.29) is 5.88 Å². The van der Waals surface area contributed by atoms with Gasteiger partial charge in [0.05, 0.1) is 11.0 Å². The fraction of sp³-hybridized carbons (Fsp3) is 0.188. The molecule has 1 atom stereocenters. The summed E-state index contributed by atoms with van der Waals surface area (Å²) in [7, 11) is 0. The normalized spacial score (nSPS) is 12.5. The van der Waals surface area contributed by atoms with Crippen molar-refractivity contribution in [2.24, 2.45) is 0 Å². The van der Waals surface area contributed by atoms with Crippen LogP contribution in [0, 0.1) is 0 Å². The molecule has 0 aliphatic rings. The van der Waals surface area contributed by atoms with E-state index in [2.05, 4.69) is 33.9 Å². The first-order valence-corrected chi connectivity index (χ1v) is 8.34. The second-order valence-corrected chi connectivity index (χ2v) is 5.83. The zero-order valence-electron chi connectivity index (χ0n) is 12.2. The number of hydrogen-bond acceptors (Lipinski definition) is 3. The summed E-state index contributed by atoms with van der Waals surface area (Å²) in [5.41, 5.74) is 3.77. The van der Waals surface area contributed by atoms with Gasteiger partial charge in [0.25, 0.3) is 0 Å². The Morgan fingerprint density at radius 2 is 2.00 bits per heavy atom. The zero-order chi connectivity index (χ0) is 15.5. The van der Waals surface area contributed by atoms with Crippen LogP contribution in [0.5, 0.6) is 0 Å². The molecule has 0 fully saturated rings. The molecule has 114 valence electrons. The summed E-state index contributed by atoms with van der Waals surface area (Å²) < 4.78 is 21.7. The second kappa shape index (κ2) is 6.29. The Hall–Kier alpha value is -2.18. The molecule has 0 bridgehead atoms. The molecular weight excluding hydrogens is 298 g/mol. The smallest absolute Gasteiger partial charge is 0.172 e. The van der Waals surface area contributed by atoms with Gasteiger partial charge in [0.15, 0.2) is 11.1 Å². The van der Waals surface area contributed by atoms with Crippen molar-refractivity contribution in [1.29, 1.82) is 0 Å². The number of rotatable bonds is 5. The van der Waals surface area contributed by atoms with Gasteiger partial charge in [0.2, 0.25) is 0 Å². The highest BCUT2D eigenvalue weighted by molar-refractivity contribution is 7.79. The van der Waals surface area contributed by atoms with Gasteiger partial charge in [-0.25, -0.2) is 9.19 Å². The van der Waals surface area contributed by atoms with Crippen molar-refractivity contribution in [3.8, 4) is 5.69 Å². The van der Waals surface area contributed by atoms with Crippen LogP contribution in [0.15, 0.2) is 48.5 Å². The van der Waals surface area contributed by atoms with Gasteiger partial charge in [0.1, 0.15) is 11.7 Å². The molecule has 0 radical (unpaired) electrons. The van der Waals surface area contributed by atoms with Crippen LogP contribution < -0.4 is 5.32 Å². The molecule has 0 aliphatic heterocycles. The molecule has 1 heterocycles. The number of hydrogen-bond donors (Lipinski definition) is 2. The molecule has 5 nitrogen and oxygen atoms in total. The molecule has 2 N–H and O–H groups in total. The van der Waals surface area contributed by atoms with E-state index < -0.39 is 11.1 Å². The molecule has 3 aromatic rings. The molecule has 0 saturated carbocycles. The first kappa shape index (κ1) is 14.7. The summed E-state index contributed by atoms with van der Waals surface area (Å²) in [6.07, 6.45) is 0.826. The molecule has 0 amide bonds. The molecular formula is C16H17N3O2S. The molecule has 2 aromatic carbocycles. The lowest BCUT2D eigenvalue weighted by atomic mass is 10.2. The van der Waals surface area contributed by atoms with Gasteiger partial charge in [-0.1, -0.05) is 25.1 Å². The number of aryl methyl sites for hydroxylation is 1. The van der Waals surface area contributed by atoms with Gasteiger partial charge >= 0.3 is 0 Å². The Bertz CT molecular complexity index is 815. The maximum atomic E-state index is 10.8. The first-order chi connectivity index (χ1) is 10.7. The summed E-state index contributed by atoms with van der Waals surface area (Å²) in [4.78, 5) is 4.68. The van der Waals surface area contributed by atoms with Crippen LogP contribution in [0.2, 0.25) is 0 Å². The molecule has 1 aromatic heterocycles. The van der Waals surface area contributed by atoms with Crippen molar-refractivity contribution in [2.75, 3.05) is 11.2 Å². The monoisotopic (exact) mass is 315 g/mol. The minimum Gasteiger partial charge on any atom is -0.372 e. The molecule has 0 aliphatic carbocycles. The summed E-state index contributed by atoms with van der Waals surface area (Å²) in [6, 6.07) is 15.9. The van der Waals surface area contributed by atoms with Crippen LogP contribution in [0.4, 0.5) is 5.69 Å². The molecule has 1 unspecified atom stereocenters. The topological polar surface area (TPSA) is 67.2 Å². The Kier molecular flexibility index (Phi) is 4.22. The van der Waals surface area contributed by atoms with E-state index in [0.29, 0.717) is 0 Å². The minimum absolute atomic E-state index is 0.00549. The van der Waals surface area contributed by atoms with Crippen LogP contribution in [-0.4, -0.2) is 24.2 Å².